The third-order valence-corrected chi connectivity index (χ3v) is 5.25. The van der Waals surface area contributed by atoms with E-state index in [1.54, 1.807) is 0 Å². The van der Waals surface area contributed by atoms with Gasteiger partial charge in [0.15, 0.2) is 0 Å². The van der Waals surface area contributed by atoms with Crippen molar-refractivity contribution < 1.29 is 14.3 Å². The molecule has 3 rings (SSSR count). The molecule has 0 unspecified atom stereocenters. The van der Waals surface area contributed by atoms with Crippen LogP contribution in [0.5, 0.6) is 0 Å². The SMILES string of the molecule is Cc1cccc([C@H]2[C@@H]3CCC(=O)N3CCN2C(=O)OC(C)(C)C)c1C. The van der Waals surface area contributed by atoms with E-state index in [9.17, 15) is 9.59 Å². The summed E-state index contributed by atoms with van der Waals surface area (Å²) >= 11 is 0. The minimum absolute atomic E-state index is 0.0364. The minimum atomic E-state index is -0.536. The van der Waals surface area contributed by atoms with Crippen molar-refractivity contribution in [3.8, 4) is 0 Å². The zero-order valence-electron chi connectivity index (χ0n) is 15.8. The number of amides is 2. The van der Waals surface area contributed by atoms with Gasteiger partial charge in [-0.1, -0.05) is 18.2 Å². The molecule has 2 atom stereocenters. The summed E-state index contributed by atoms with van der Waals surface area (Å²) in [6.45, 7) is 10.9. The second kappa shape index (κ2) is 6.36. The van der Waals surface area contributed by atoms with Crippen molar-refractivity contribution in [2.75, 3.05) is 13.1 Å². The van der Waals surface area contributed by atoms with Crippen LogP contribution in [0.25, 0.3) is 0 Å². The Labute approximate surface area is 149 Å². The molecule has 5 heteroatoms. The molecule has 1 aromatic carbocycles. The number of aryl methyl sites for hydroxylation is 1. The van der Waals surface area contributed by atoms with Crippen LogP contribution in [0.1, 0.15) is 56.3 Å². The van der Waals surface area contributed by atoms with Crippen LogP contribution in [0.2, 0.25) is 0 Å². The molecule has 2 saturated heterocycles. The largest absolute Gasteiger partial charge is 0.444 e. The molecule has 25 heavy (non-hydrogen) atoms. The molecule has 0 aliphatic carbocycles. The lowest BCUT2D eigenvalue weighted by atomic mass is 9.89. The lowest BCUT2D eigenvalue weighted by Crippen LogP contribution is -2.56. The van der Waals surface area contributed by atoms with Crippen molar-refractivity contribution in [3.05, 3.63) is 34.9 Å². The van der Waals surface area contributed by atoms with Gasteiger partial charge in [-0.3, -0.25) is 9.69 Å². The van der Waals surface area contributed by atoms with Crippen LogP contribution in [-0.4, -0.2) is 46.5 Å². The molecule has 2 aliphatic heterocycles. The van der Waals surface area contributed by atoms with Gasteiger partial charge in [0.2, 0.25) is 5.91 Å². The van der Waals surface area contributed by atoms with Crippen LogP contribution in [0.4, 0.5) is 4.79 Å². The van der Waals surface area contributed by atoms with E-state index in [1.165, 1.54) is 11.1 Å². The molecule has 0 saturated carbocycles. The Hall–Kier alpha value is -2.04. The molecule has 136 valence electrons. The quantitative estimate of drug-likeness (QED) is 0.782. The van der Waals surface area contributed by atoms with Crippen molar-refractivity contribution in [2.45, 2.75) is 65.1 Å². The number of ether oxygens (including phenoxy) is 1. The van der Waals surface area contributed by atoms with Gasteiger partial charge in [0.1, 0.15) is 5.60 Å². The molecular formula is C20H28N2O3. The normalized spacial score (nSPS) is 23.6. The number of fused-ring (bicyclic) bond motifs is 1. The molecule has 0 radical (unpaired) electrons. The van der Waals surface area contributed by atoms with E-state index in [-0.39, 0.29) is 24.1 Å². The summed E-state index contributed by atoms with van der Waals surface area (Å²) in [6.07, 6.45) is 1.06. The number of piperazine rings is 1. The predicted molar refractivity (Wildman–Crippen MR) is 96.3 cm³/mol. The smallest absolute Gasteiger partial charge is 0.410 e. The second-order valence-corrected chi connectivity index (χ2v) is 8.10. The Balaban J connectivity index is 2.00. The lowest BCUT2D eigenvalue weighted by molar-refractivity contribution is -0.132. The first kappa shape index (κ1) is 17.8. The third-order valence-electron chi connectivity index (χ3n) is 5.25. The number of hydrogen-bond acceptors (Lipinski definition) is 3. The number of benzene rings is 1. The Bertz CT molecular complexity index is 693. The standard InChI is InChI=1S/C20H28N2O3/c1-13-7-6-8-15(14(13)2)18-16-9-10-17(23)21(16)11-12-22(18)19(24)25-20(3,4)5/h6-8,16,18H,9-12H2,1-5H3/t16-,18-/m0/s1. The summed E-state index contributed by atoms with van der Waals surface area (Å²) in [6, 6.07) is 6.08. The maximum absolute atomic E-state index is 12.9. The highest BCUT2D eigenvalue weighted by atomic mass is 16.6. The maximum Gasteiger partial charge on any atom is 0.410 e. The van der Waals surface area contributed by atoms with Gasteiger partial charge in [-0.25, -0.2) is 4.79 Å². The van der Waals surface area contributed by atoms with Gasteiger partial charge in [-0.05, 0) is 57.7 Å². The van der Waals surface area contributed by atoms with Crippen molar-refractivity contribution in [3.63, 3.8) is 0 Å². The fourth-order valence-electron chi connectivity index (χ4n) is 3.93. The van der Waals surface area contributed by atoms with Gasteiger partial charge in [-0.15, -0.1) is 0 Å². The van der Waals surface area contributed by atoms with Crippen LogP contribution in [-0.2, 0) is 9.53 Å². The van der Waals surface area contributed by atoms with Crippen molar-refractivity contribution in [1.29, 1.82) is 0 Å². The maximum atomic E-state index is 12.9. The van der Waals surface area contributed by atoms with E-state index < -0.39 is 5.60 Å². The highest BCUT2D eigenvalue weighted by molar-refractivity contribution is 5.80. The van der Waals surface area contributed by atoms with Gasteiger partial charge in [0.05, 0.1) is 12.1 Å². The average molecular weight is 344 g/mol. The van der Waals surface area contributed by atoms with E-state index >= 15 is 0 Å². The summed E-state index contributed by atoms with van der Waals surface area (Å²) < 4.78 is 5.66. The predicted octanol–water partition coefficient (Wildman–Crippen LogP) is 3.59. The van der Waals surface area contributed by atoms with Crippen LogP contribution in [0.15, 0.2) is 18.2 Å². The summed E-state index contributed by atoms with van der Waals surface area (Å²) in [5, 5.41) is 0. The van der Waals surface area contributed by atoms with Crippen LogP contribution >= 0.6 is 0 Å². The van der Waals surface area contributed by atoms with Crippen molar-refractivity contribution in [1.82, 2.24) is 9.80 Å². The fourth-order valence-corrected chi connectivity index (χ4v) is 3.93. The Morgan fingerprint density at radius 2 is 1.92 bits per heavy atom. The van der Waals surface area contributed by atoms with Gasteiger partial charge >= 0.3 is 6.09 Å². The number of hydrogen-bond donors (Lipinski definition) is 0. The third kappa shape index (κ3) is 3.37. The minimum Gasteiger partial charge on any atom is -0.444 e. The van der Waals surface area contributed by atoms with Crippen LogP contribution in [0.3, 0.4) is 0 Å². The lowest BCUT2D eigenvalue weighted by Gasteiger charge is -2.45. The van der Waals surface area contributed by atoms with Gasteiger partial charge in [-0.2, -0.15) is 0 Å². The van der Waals surface area contributed by atoms with Crippen LogP contribution < -0.4 is 0 Å². The molecule has 2 heterocycles. The average Bonchev–Trinajstić information content (AvgIpc) is 2.89. The van der Waals surface area contributed by atoms with Crippen LogP contribution in [0, 0.1) is 13.8 Å². The van der Waals surface area contributed by atoms with Crippen molar-refractivity contribution >= 4 is 12.0 Å². The summed E-state index contributed by atoms with van der Waals surface area (Å²) in [4.78, 5) is 28.9. The molecular weight excluding hydrogens is 316 g/mol. The Morgan fingerprint density at radius 3 is 2.60 bits per heavy atom. The molecule has 5 nitrogen and oxygen atoms in total. The fraction of sp³-hybridized carbons (Fsp3) is 0.600. The van der Waals surface area contributed by atoms with E-state index in [2.05, 4.69) is 26.0 Å². The zero-order valence-corrected chi connectivity index (χ0v) is 15.8. The Kier molecular flexibility index (Phi) is 4.52. The number of rotatable bonds is 1. The van der Waals surface area contributed by atoms with E-state index in [0.29, 0.717) is 19.5 Å². The van der Waals surface area contributed by atoms with E-state index in [1.807, 2.05) is 36.6 Å². The van der Waals surface area contributed by atoms with Crippen molar-refractivity contribution in [2.24, 2.45) is 0 Å². The highest BCUT2D eigenvalue weighted by Crippen LogP contribution is 2.39. The van der Waals surface area contributed by atoms with E-state index in [0.717, 1.165) is 12.0 Å². The first-order chi connectivity index (χ1) is 11.7. The zero-order chi connectivity index (χ0) is 18.4. The molecule has 2 amide bonds. The molecule has 1 aromatic rings. The number of carbonyl (C=O) groups excluding carboxylic acids is 2. The molecule has 2 aliphatic rings. The van der Waals surface area contributed by atoms with Gasteiger partial charge < -0.3 is 9.64 Å². The first-order valence-corrected chi connectivity index (χ1v) is 9.04. The molecule has 0 bridgehead atoms. The molecule has 0 N–H and O–H groups in total. The summed E-state index contributed by atoms with van der Waals surface area (Å²) in [7, 11) is 0. The molecule has 0 spiro atoms. The number of carbonyl (C=O) groups is 2. The topological polar surface area (TPSA) is 49.9 Å². The first-order valence-electron chi connectivity index (χ1n) is 9.04. The monoisotopic (exact) mass is 344 g/mol. The molecule has 0 aromatic heterocycles. The van der Waals surface area contributed by atoms with Gasteiger partial charge in [0.25, 0.3) is 0 Å². The summed E-state index contributed by atoms with van der Waals surface area (Å²) in [5.74, 6) is 0.198. The number of nitrogens with zero attached hydrogens (tertiary/aromatic N) is 2. The van der Waals surface area contributed by atoms with Gasteiger partial charge in [0, 0.05) is 19.5 Å². The molecule has 2 fully saturated rings. The second-order valence-electron chi connectivity index (χ2n) is 8.10. The highest BCUT2D eigenvalue weighted by Gasteiger charge is 2.46. The summed E-state index contributed by atoms with van der Waals surface area (Å²) in [5.41, 5.74) is 2.96. The Morgan fingerprint density at radius 1 is 1.20 bits per heavy atom. The van der Waals surface area contributed by atoms with E-state index in [4.69, 9.17) is 4.74 Å².